The molecule has 0 spiro atoms. The van der Waals surface area contributed by atoms with Gasteiger partial charge in [-0.1, -0.05) is 24.3 Å². The molecule has 0 fully saturated rings. The SMILES string of the molecule is CS(=O)(=O)c1ccc(NCc2cccc3cccnc23)c(S(C)(=O)=O)c1. The van der Waals surface area contributed by atoms with Crippen molar-refractivity contribution in [1.82, 2.24) is 4.98 Å². The van der Waals surface area contributed by atoms with E-state index in [4.69, 9.17) is 0 Å². The van der Waals surface area contributed by atoms with Crippen LogP contribution in [0.4, 0.5) is 5.69 Å². The number of hydrogen-bond acceptors (Lipinski definition) is 6. The summed E-state index contributed by atoms with van der Waals surface area (Å²) >= 11 is 0. The van der Waals surface area contributed by atoms with Crippen LogP contribution >= 0.6 is 0 Å². The van der Waals surface area contributed by atoms with Gasteiger partial charge in [0.15, 0.2) is 19.7 Å². The van der Waals surface area contributed by atoms with Gasteiger partial charge in [0.05, 0.1) is 21.0 Å². The molecule has 0 radical (unpaired) electrons. The molecule has 0 aliphatic heterocycles. The Morgan fingerprint density at radius 3 is 2.35 bits per heavy atom. The lowest BCUT2D eigenvalue weighted by atomic mass is 10.1. The number of aromatic nitrogens is 1. The quantitative estimate of drug-likeness (QED) is 0.720. The number of sulfone groups is 2. The van der Waals surface area contributed by atoms with E-state index in [1.807, 2.05) is 30.3 Å². The van der Waals surface area contributed by atoms with Crippen molar-refractivity contribution in [2.45, 2.75) is 16.3 Å². The van der Waals surface area contributed by atoms with Crippen molar-refractivity contribution in [3.8, 4) is 0 Å². The maximum absolute atomic E-state index is 12.1. The van der Waals surface area contributed by atoms with Gasteiger partial charge in [-0.25, -0.2) is 16.8 Å². The van der Waals surface area contributed by atoms with Crippen LogP contribution in [0.2, 0.25) is 0 Å². The largest absolute Gasteiger partial charge is 0.380 e. The van der Waals surface area contributed by atoms with Crippen LogP contribution in [0, 0.1) is 0 Å². The van der Waals surface area contributed by atoms with E-state index in [0.717, 1.165) is 29.0 Å². The standard InChI is InChI=1S/C18H18N2O4S2/c1-25(21,22)15-8-9-16(17(11-15)26(2,23)24)20-12-14-6-3-5-13-7-4-10-19-18(13)14/h3-11,20H,12H2,1-2H3. The van der Waals surface area contributed by atoms with Crippen LogP contribution in [0.15, 0.2) is 64.5 Å². The highest BCUT2D eigenvalue weighted by atomic mass is 32.2. The third-order valence-electron chi connectivity index (χ3n) is 3.97. The van der Waals surface area contributed by atoms with Gasteiger partial charge in [0.2, 0.25) is 0 Å². The van der Waals surface area contributed by atoms with E-state index in [1.54, 1.807) is 6.20 Å². The summed E-state index contributed by atoms with van der Waals surface area (Å²) in [6, 6.07) is 13.6. The molecule has 3 aromatic rings. The van der Waals surface area contributed by atoms with E-state index in [9.17, 15) is 16.8 Å². The molecule has 0 amide bonds. The molecule has 1 heterocycles. The monoisotopic (exact) mass is 390 g/mol. The third kappa shape index (κ3) is 3.86. The molecule has 0 bridgehead atoms. The lowest BCUT2D eigenvalue weighted by Gasteiger charge is -2.13. The highest BCUT2D eigenvalue weighted by molar-refractivity contribution is 7.91. The van der Waals surface area contributed by atoms with Gasteiger partial charge in [-0.2, -0.15) is 0 Å². The van der Waals surface area contributed by atoms with Crippen LogP contribution in [0.3, 0.4) is 0 Å². The molecule has 0 atom stereocenters. The summed E-state index contributed by atoms with van der Waals surface area (Å²) in [5.41, 5.74) is 2.10. The van der Waals surface area contributed by atoms with Gasteiger partial charge in [-0.3, -0.25) is 4.98 Å². The molecule has 0 aliphatic carbocycles. The Labute approximate surface area is 152 Å². The Morgan fingerprint density at radius 1 is 0.923 bits per heavy atom. The van der Waals surface area contributed by atoms with Crippen molar-refractivity contribution < 1.29 is 16.8 Å². The Hall–Kier alpha value is -2.45. The number of nitrogens with one attached hydrogen (secondary N) is 1. The summed E-state index contributed by atoms with van der Waals surface area (Å²) in [6.45, 7) is 0.356. The Bertz CT molecular complexity index is 1180. The molecule has 1 aromatic heterocycles. The van der Waals surface area contributed by atoms with Gasteiger partial charge in [0, 0.05) is 30.6 Å². The van der Waals surface area contributed by atoms with Crippen molar-refractivity contribution in [2.24, 2.45) is 0 Å². The fourth-order valence-corrected chi connectivity index (χ4v) is 4.29. The highest BCUT2D eigenvalue weighted by Gasteiger charge is 2.18. The minimum atomic E-state index is -3.61. The molecule has 1 N–H and O–H groups in total. The van der Waals surface area contributed by atoms with Crippen LogP contribution in [0.1, 0.15) is 5.56 Å². The zero-order valence-corrected chi connectivity index (χ0v) is 15.9. The summed E-state index contributed by atoms with van der Waals surface area (Å²) in [5, 5.41) is 4.08. The second-order valence-electron chi connectivity index (χ2n) is 6.05. The maximum Gasteiger partial charge on any atom is 0.177 e. The zero-order valence-electron chi connectivity index (χ0n) is 14.3. The van der Waals surface area contributed by atoms with E-state index in [2.05, 4.69) is 10.3 Å². The molecule has 6 nitrogen and oxygen atoms in total. The molecule has 8 heteroatoms. The summed E-state index contributed by atoms with van der Waals surface area (Å²) < 4.78 is 47.7. The van der Waals surface area contributed by atoms with E-state index in [1.165, 1.54) is 18.2 Å². The molecular weight excluding hydrogens is 372 g/mol. The number of anilines is 1. The number of pyridine rings is 1. The van der Waals surface area contributed by atoms with Gasteiger partial charge in [-0.15, -0.1) is 0 Å². The molecule has 0 aliphatic rings. The Morgan fingerprint density at radius 2 is 1.65 bits per heavy atom. The first-order valence-electron chi connectivity index (χ1n) is 7.77. The summed E-state index contributed by atoms with van der Waals surface area (Å²) in [5.74, 6) is 0. The molecule has 26 heavy (non-hydrogen) atoms. The summed E-state index contributed by atoms with van der Waals surface area (Å²) in [6.07, 6.45) is 3.80. The topological polar surface area (TPSA) is 93.2 Å². The first kappa shape index (κ1) is 18.3. The number of benzene rings is 2. The van der Waals surface area contributed by atoms with Crippen LogP contribution in [-0.2, 0) is 26.2 Å². The average Bonchev–Trinajstić information content (AvgIpc) is 2.58. The normalized spacial score (nSPS) is 12.2. The number of rotatable bonds is 5. The van der Waals surface area contributed by atoms with Crippen molar-refractivity contribution in [2.75, 3.05) is 17.8 Å². The van der Waals surface area contributed by atoms with Crippen molar-refractivity contribution in [3.05, 3.63) is 60.3 Å². The zero-order chi connectivity index (χ0) is 18.9. The van der Waals surface area contributed by atoms with Gasteiger partial charge < -0.3 is 5.32 Å². The average molecular weight is 390 g/mol. The van der Waals surface area contributed by atoms with Gasteiger partial charge in [-0.05, 0) is 29.8 Å². The summed E-state index contributed by atoms with van der Waals surface area (Å²) in [7, 11) is -7.11. The second kappa shape index (κ2) is 6.69. The maximum atomic E-state index is 12.1. The molecule has 0 saturated heterocycles. The number of fused-ring (bicyclic) bond motifs is 1. The van der Waals surface area contributed by atoms with Gasteiger partial charge in [0.1, 0.15) is 0 Å². The molecule has 0 saturated carbocycles. The first-order valence-corrected chi connectivity index (χ1v) is 11.6. The molecule has 136 valence electrons. The van der Waals surface area contributed by atoms with Crippen molar-refractivity contribution >= 4 is 36.3 Å². The minimum Gasteiger partial charge on any atom is -0.380 e. The lowest BCUT2D eigenvalue weighted by Crippen LogP contribution is -2.08. The fraction of sp³-hybridized carbons (Fsp3) is 0.167. The fourth-order valence-electron chi connectivity index (χ4n) is 2.69. The van der Waals surface area contributed by atoms with Gasteiger partial charge in [0.25, 0.3) is 0 Å². The number of hydrogen-bond donors (Lipinski definition) is 1. The van der Waals surface area contributed by atoms with Crippen LogP contribution in [0.25, 0.3) is 10.9 Å². The third-order valence-corrected chi connectivity index (χ3v) is 6.21. The van der Waals surface area contributed by atoms with E-state index < -0.39 is 19.7 Å². The van der Waals surface area contributed by atoms with E-state index >= 15 is 0 Å². The molecule has 0 unspecified atom stereocenters. The predicted octanol–water partition coefficient (Wildman–Crippen LogP) is 2.65. The smallest absolute Gasteiger partial charge is 0.177 e. The minimum absolute atomic E-state index is 0.0321. The van der Waals surface area contributed by atoms with Crippen LogP contribution in [-0.4, -0.2) is 34.3 Å². The van der Waals surface area contributed by atoms with Crippen molar-refractivity contribution in [1.29, 1.82) is 0 Å². The van der Waals surface area contributed by atoms with Gasteiger partial charge >= 0.3 is 0 Å². The molecule has 2 aromatic carbocycles. The summed E-state index contributed by atoms with van der Waals surface area (Å²) in [4.78, 5) is 4.29. The van der Waals surface area contributed by atoms with Crippen LogP contribution < -0.4 is 5.32 Å². The van der Waals surface area contributed by atoms with Crippen LogP contribution in [0.5, 0.6) is 0 Å². The molecule has 3 rings (SSSR count). The predicted molar refractivity (Wildman–Crippen MR) is 102 cm³/mol. The number of para-hydroxylation sites is 1. The first-order chi connectivity index (χ1) is 12.2. The Balaban J connectivity index is 1.99. The van der Waals surface area contributed by atoms with E-state index in [-0.39, 0.29) is 9.79 Å². The van der Waals surface area contributed by atoms with Crippen molar-refractivity contribution in [3.63, 3.8) is 0 Å². The highest BCUT2D eigenvalue weighted by Crippen LogP contribution is 2.26. The molecular formula is C18H18N2O4S2. The lowest BCUT2D eigenvalue weighted by molar-refractivity contribution is 0.600. The van der Waals surface area contributed by atoms with E-state index in [0.29, 0.717) is 12.2 Å². The second-order valence-corrected chi connectivity index (χ2v) is 10.0. The Kier molecular flexibility index (Phi) is 4.72. The number of nitrogens with zero attached hydrogens (tertiary/aromatic N) is 1.